The molecule has 0 aliphatic carbocycles. The molecule has 0 heterocycles. The molecule has 0 rings (SSSR count). The summed E-state index contributed by atoms with van der Waals surface area (Å²) >= 11 is 0. The molecule has 0 radical (unpaired) electrons. The Hall–Kier alpha value is -3.95. The van der Waals surface area contributed by atoms with Crippen molar-refractivity contribution in [3.63, 3.8) is 0 Å². The number of carboxylic acid groups (broad SMARTS) is 1. The van der Waals surface area contributed by atoms with Crippen molar-refractivity contribution in [3.05, 3.63) is 0 Å². The average molecular weight is 544 g/mol. The van der Waals surface area contributed by atoms with E-state index in [4.69, 9.17) is 28.7 Å². The van der Waals surface area contributed by atoms with E-state index < -0.39 is 59.7 Å². The number of hydrogen-bond donors (Lipinski definition) is 9. The lowest BCUT2D eigenvalue weighted by atomic mass is 9.98. The van der Waals surface area contributed by atoms with Gasteiger partial charge in [0.2, 0.25) is 29.5 Å². The minimum absolute atomic E-state index is 0.0286. The van der Waals surface area contributed by atoms with Crippen molar-refractivity contribution in [1.82, 2.24) is 16.0 Å². The Balaban J connectivity index is 5.65. The number of guanidine groups is 1. The van der Waals surface area contributed by atoms with Crippen LogP contribution in [0.3, 0.4) is 0 Å². The number of aliphatic imine (C=N–C) groups is 1. The van der Waals surface area contributed by atoms with Gasteiger partial charge in [-0.3, -0.25) is 29.0 Å². The summed E-state index contributed by atoms with van der Waals surface area (Å²) < 4.78 is 0. The third-order valence-electron chi connectivity index (χ3n) is 5.74. The van der Waals surface area contributed by atoms with Crippen LogP contribution in [0.25, 0.3) is 0 Å². The number of aliphatic carboxylic acids is 1. The van der Waals surface area contributed by atoms with Gasteiger partial charge in [0.25, 0.3) is 0 Å². The lowest BCUT2D eigenvalue weighted by Crippen LogP contribution is -2.57. The second kappa shape index (κ2) is 17.5. The molecule has 0 aromatic rings. The first-order valence-corrected chi connectivity index (χ1v) is 12.2. The number of carbonyl (C=O) groups excluding carboxylic acids is 5. The number of primary amides is 2. The minimum atomic E-state index is -1.38. The minimum Gasteiger partial charge on any atom is -0.480 e. The van der Waals surface area contributed by atoms with E-state index in [-0.39, 0.29) is 56.9 Å². The molecule has 0 aliphatic rings. The van der Waals surface area contributed by atoms with E-state index in [1.165, 1.54) is 0 Å². The number of carboxylic acids is 1. The van der Waals surface area contributed by atoms with Crippen molar-refractivity contribution in [2.45, 2.75) is 83.0 Å². The van der Waals surface area contributed by atoms with Crippen LogP contribution in [0.5, 0.6) is 0 Å². The van der Waals surface area contributed by atoms with Gasteiger partial charge in [-0.05, 0) is 31.6 Å². The molecule has 0 aromatic heterocycles. The van der Waals surface area contributed by atoms with E-state index in [1.54, 1.807) is 6.92 Å². The standard InChI is InChI=1S/C22H41N9O7/c1-3-11(2)17(25)20(36)30-13(7-9-16(24)33)18(34)29-12(6-8-15(23)32)19(35)31-14(21(37)38)5-4-10-28-22(26)27/h11-14,17H,3-10,25H2,1-2H3,(H2,23,32)(H2,24,33)(H,29,34)(H,30,36)(H,31,35)(H,37,38)(H4,26,27,28). The smallest absolute Gasteiger partial charge is 0.326 e. The zero-order valence-electron chi connectivity index (χ0n) is 21.8. The van der Waals surface area contributed by atoms with Gasteiger partial charge in [-0.2, -0.15) is 0 Å². The molecule has 38 heavy (non-hydrogen) atoms. The first-order chi connectivity index (χ1) is 17.7. The maximum absolute atomic E-state index is 13.0. The number of amides is 5. The molecule has 0 aromatic carbocycles. The van der Waals surface area contributed by atoms with Gasteiger partial charge in [-0.1, -0.05) is 20.3 Å². The molecule has 0 saturated heterocycles. The summed E-state index contributed by atoms with van der Waals surface area (Å²) in [6.45, 7) is 3.72. The lowest BCUT2D eigenvalue weighted by Gasteiger charge is -2.26. The summed E-state index contributed by atoms with van der Waals surface area (Å²) in [6, 6.07) is -4.95. The summed E-state index contributed by atoms with van der Waals surface area (Å²) in [4.78, 5) is 76.5. The number of carbonyl (C=O) groups is 6. The molecule has 0 bridgehead atoms. The van der Waals surface area contributed by atoms with Crippen LogP contribution in [-0.4, -0.2) is 77.3 Å². The summed E-state index contributed by atoms with van der Waals surface area (Å²) in [6.07, 6.45) is -0.213. The summed E-state index contributed by atoms with van der Waals surface area (Å²) in [7, 11) is 0. The van der Waals surface area contributed by atoms with Crippen LogP contribution in [0.2, 0.25) is 0 Å². The van der Waals surface area contributed by atoms with Crippen molar-refractivity contribution in [1.29, 1.82) is 0 Å². The number of nitrogens with two attached hydrogens (primary N) is 5. The fourth-order valence-corrected chi connectivity index (χ4v) is 3.20. The quantitative estimate of drug-likeness (QED) is 0.0439. The van der Waals surface area contributed by atoms with Crippen LogP contribution in [0, 0.1) is 5.92 Å². The van der Waals surface area contributed by atoms with Crippen molar-refractivity contribution >= 4 is 41.5 Å². The van der Waals surface area contributed by atoms with Crippen molar-refractivity contribution in [2.24, 2.45) is 39.6 Å². The van der Waals surface area contributed by atoms with Gasteiger partial charge in [0, 0.05) is 19.4 Å². The molecule has 0 aliphatic heterocycles. The maximum Gasteiger partial charge on any atom is 0.326 e. The Morgan fingerprint density at radius 2 is 1.21 bits per heavy atom. The van der Waals surface area contributed by atoms with Crippen LogP contribution >= 0.6 is 0 Å². The Bertz CT molecular complexity index is 877. The van der Waals surface area contributed by atoms with Crippen LogP contribution in [0.4, 0.5) is 0 Å². The summed E-state index contributed by atoms with van der Waals surface area (Å²) in [5.74, 6) is -5.60. The normalized spacial score (nSPS) is 14.6. The van der Waals surface area contributed by atoms with Gasteiger partial charge in [-0.25, -0.2) is 4.79 Å². The molecule has 0 saturated carbocycles. The average Bonchev–Trinajstić information content (AvgIpc) is 2.83. The van der Waals surface area contributed by atoms with Gasteiger partial charge < -0.3 is 49.7 Å². The van der Waals surface area contributed by atoms with E-state index in [2.05, 4.69) is 20.9 Å². The second-order valence-corrected chi connectivity index (χ2v) is 8.89. The highest BCUT2D eigenvalue weighted by atomic mass is 16.4. The summed E-state index contributed by atoms with van der Waals surface area (Å²) in [5, 5.41) is 16.6. The van der Waals surface area contributed by atoms with Crippen LogP contribution in [-0.2, 0) is 28.8 Å². The lowest BCUT2D eigenvalue weighted by molar-refractivity contribution is -0.142. The van der Waals surface area contributed by atoms with Crippen molar-refractivity contribution < 1.29 is 33.9 Å². The van der Waals surface area contributed by atoms with Crippen LogP contribution < -0.4 is 44.6 Å². The predicted octanol–water partition coefficient (Wildman–Crippen LogP) is -3.52. The van der Waals surface area contributed by atoms with Gasteiger partial charge >= 0.3 is 5.97 Å². The zero-order chi connectivity index (χ0) is 29.4. The third-order valence-corrected chi connectivity index (χ3v) is 5.74. The molecule has 16 heteroatoms. The topological polar surface area (TPSA) is 301 Å². The molecule has 0 spiro atoms. The number of nitrogens with zero attached hydrogens (tertiary/aromatic N) is 1. The Labute approximate surface area is 220 Å². The molecular formula is C22H41N9O7. The molecule has 14 N–H and O–H groups in total. The molecule has 5 atom stereocenters. The number of nitrogens with one attached hydrogen (secondary N) is 3. The van der Waals surface area contributed by atoms with E-state index in [9.17, 15) is 33.9 Å². The van der Waals surface area contributed by atoms with Crippen molar-refractivity contribution in [2.75, 3.05) is 6.54 Å². The molecule has 5 unspecified atom stereocenters. The fraction of sp³-hybridized carbons (Fsp3) is 0.682. The molecule has 0 fully saturated rings. The van der Waals surface area contributed by atoms with E-state index in [0.29, 0.717) is 6.42 Å². The first-order valence-electron chi connectivity index (χ1n) is 12.2. The SMILES string of the molecule is CCC(C)C(N)C(=O)NC(CCC(N)=O)C(=O)NC(CCC(N)=O)C(=O)NC(CCCN=C(N)N)C(=O)O. The van der Waals surface area contributed by atoms with Gasteiger partial charge in [-0.15, -0.1) is 0 Å². The highest BCUT2D eigenvalue weighted by Gasteiger charge is 2.31. The number of rotatable bonds is 19. The van der Waals surface area contributed by atoms with Crippen LogP contribution in [0.15, 0.2) is 4.99 Å². The maximum atomic E-state index is 13.0. The Morgan fingerprint density at radius 3 is 1.61 bits per heavy atom. The Kier molecular flexibility index (Phi) is 15.7. The summed E-state index contributed by atoms with van der Waals surface area (Å²) in [5.41, 5.74) is 26.7. The number of hydrogen-bond acceptors (Lipinski definition) is 8. The van der Waals surface area contributed by atoms with Gasteiger partial charge in [0.05, 0.1) is 6.04 Å². The van der Waals surface area contributed by atoms with E-state index >= 15 is 0 Å². The third kappa shape index (κ3) is 14.0. The molecule has 216 valence electrons. The molecular weight excluding hydrogens is 502 g/mol. The zero-order valence-corrected chi connectivity index (χ0v) is 21.8. The van der Waals surface area contributed by atoms with Gasteiger partial charge in [0.15, 0.2) is 5.96 Å². The largest absolute Gasteiger partial charge is 0.480 e. The van der Waals surface area contributed by atoms with Gasteiger partial charge in [0.1, 0.15) is 18.1 Å². The predicted molar refractivity (Wildman–Crippen MR) is 138 cm³/mol. The van der Waals surface area contributed by atoms with Crippen LogP contribution in [0.1, 0.15) is 58.8 Å². The Morgan fingerprint density at radius 1 is 0.763 bits per heavy atom. The fourth-order valence-electron chi connectivity index (χ4n) is 3.20. The monoisotopic (exact) mass is 543 g/mol. The second-order valence-electron chi connectivity index (χ2n) is 8.89. The van der Waals surface area contributed by atoms with Crippen molar-refractivity contribution in [3.8, 4) is 0 Å². The molecule has 16 nitrogen and oxygen atoms in total. The van der Waals surface area contributed by atoms with E-state index in [0.717, 1.165) is 0 Å². The van der Waals surface area contributed by atoms with E-state index in [1.807, 2.05) is 6.92 Å². The highest BCUT2D eigenvalue weighted by Crippen LogP contribution is 2.08. The first kappa shape index (κ1) is 34.0. The highest BCUT2D eigenvalue weighted by molar-refractivity contribution is 5.94. The molecule has 5 amide bonds.